The SMILES string of the molecule is CC(C)(C)CC(=O)Nc1ccc(C(=O)N=c2sccn2COC(=O)C2CCCN2)cc1Br. The average Bonchev–Trinajstić information content (AvgIpc) is 3.38. The average molecular weight is 523 g/mol. The highest BCUT2D eigenvalue weighted by molar-refractivity contribution is 9.10. The number of carbonyl (C=O) groups excluding carboxylic acids is 3. The van der Waals surface area contributed by atoms with Gasteiger partial charge >= 0.3 is 5.97 Å². The lowest BCUT2D eigenvalue weighted by Crippen LogP contribution is -2.33. The predicted molar refractivity (Wildman–Crippen MR) is 126 cm³/mol. The third-order valence-electron chi connectivity index (χ3n) is 4.73. The van der Waals surface area contributed by atoms with Crippen molar-refractivity contribution in [3.8, 4) is 0 Å². The molecule has 1 atom stereocenters. The largest absolute Gasteiger partial charge is 0.443 e. The van der Waals surface area contributed by atoms with E-state index >= 15 is 0 Å². The lowest BCUT2D eigenvalue weighted by molar-refractivity contribution is -0.149. The van der Waals surface area contributed by atoms with Crippen molar-refractivity contribution in [3.05, 3.63) is 44.6 Å². The number of hydrogen-bond acceptors (Lipinski definition) is 6. The number of benzene rings is 1. The first kappa shape index (κ1) is 24.3. The van der Waals surface area contributed by atoms with Crippen molar-refractivity contribution in [3.63, 3.8) is 0 Å². The van der Waals surface area contributed by atoms with Gasteiger partial charge in [0.25, 0.3) is 5.91 Å². The van der Waals surface area contributed by atoms with Crippen LogP contribution in [0.3, 0.4) is 0 Å². The van der Waals surface area contributed by atoms with E-state index in [-0.39, 0.29) is 30.1 Å². The minimum absolute atomic E-state index is 0.00489. The van der Waals surface area contributed by atoms with Crippen molar-refractivity contribution >= 4 is 50.7 Å². The number of amides is 2. The molecule has 0 bridgehead atoms. The fourth-order valence-corrected chi connectivity index (χ4v) is 4.37. The Morgan fingerprint density at radius 1 is 1.34 bits per heavy atom. The Morgan fingerprint density at radius 2 is 2.12 bits per heavy atom. The smallest absolute Gasteiger partial charge is 0.324 e. The number of aromatic nitrogens is 1. The van der Waals surface area contributed by atoms with Gasteiger partial charge in [-0.2, -0.15) is 4.99 Å². The third kappa shape index (κ3) is 6.85. The zero-order valence-corrected chi connectivity index (χ0v) is 20.7. The third-order valence-corrected chi connectivity index (χ3v) is 6.18. The van der Waals surface area contributed by atoms with Gasteiger partial charge in [-0.25, -0.2) is 0 Å². The Balaban J connectivity index is 1.66. The van der Waals surface area contributed by atoms with Crippen LogP contribution in [-0.2, 0) is 21.1 Å². The van der Waals surface area contributed by atoms with E-state index in [2.05, 4.69) is 31.6 Å². The minimum atomic E-state index is -0.432. The van der Waals surface area contributed by atoms with Crippen LogP contribution < -0.4 is 15.4 Å². The van der Waals surface area contributed by atoms with E-state index < -0.39 is 5.91 Å². The fourth-order valence-electron chi connectivity index (χ4n) is 3.18. The van der Waals surface area contributed by atoms with Gasteiger partial charge in [0.1, 0.15) is 6.04 Å². The molecule has 2 aromatic rings. The minimum Gasteiger partial charge on any atom is -0.443 e. The second kappa shape index (κ2) is 10.5. The highest BCUT2D eigenvalue weighted by atomic mass is 79.9. The molecule has 2 N–H and O–H groups in total. The van der Waals surface area contributed by atoms with Gasteiger partial charge in [-0.3, -0.25) is 19.0 Å². The maximum atomic E-state index is 12.7. The molecule has 172 valence electrons. The standard InChI is InChI=1S/C22H27BrN4O4S/c1-22(2,3)12-18(28)25-16-7-6-14(11-15(16)23)19(29)26-21-27(9-10-32-21)13-31-20(30)17-5-4-8-24-17/h6-7,9-11,17,24H,4-5,8,12-13H2,1-3H3,(H,25,28). The molecule has 1 aliphatic heterocycles. The van der Waals surface area contributed by atoms with Gasteiger partial charge in [-0.1, -0.05) is 20.8 Å². The van der Waals surface area contributed by atoms with Gasteiger partial charge in [-0.05, 0) is 58.9 Å². The van der Waals surface area contributed by atoms with Crippen LogP contribution in [0.4, 0.5) is 5.69 Å². The van der Waals surface area contributed by atoms with Crippen molar-refractivity contribution < 1.29 is 19.1 Å². The molecule has 8 nitrogen and oxygen atoms in total. The highest BCUT2D eigenvalue weighted by Gasteiger charge is 2.23. The molecular formula is C22H27BrN4O4S. The molecule has 1 saturated heterocycles. The number of hydrogen-bond donors (Lipinski definition) is 2. The summed E-state index contributed by atoms with van der Waals surface area (Å²) >= 11 is 4.69. The molecule has 10 heteroatoms. The molecule has 0 saturated carbocycles. The maximum absolute atomic E-state index is 12.7. The molecule has 1 aromatic heterocycles. The summed E-state index contributed by atoms with van der Waals surface area (Å²) in [5.74, 6) is -0.825. The van der Waals surface area contributed by atoms with Crippen LogP contribution in [0.2, 0.25) is 0 Å². The first-order valence-electron chi connectivity index (χ1n) is 10.3. The number of thiazole rings is 1. The number of esters is 1. The first-order chi connectivity index (χ1) is 15.1. The molecule has 1 unspecified atom stereocenters. The van der Waals surface area contributed by atoms with Crippen LogP contribution in [0.15, 0.2) is 39.2 Å². The summed E-state index contributed by atoms with van der Waals surface area (Å²) in [6.07, 6.45) is 3.82. The van der Waals surface area contributed by atoms with Crippen LogP contribution >= 0.6 is 27.3 Å². The van der Waals surface area contributed by atoms with Crippen LogP contribution in [-0.4, -0.2) is 34.9 Å². The van der Waals surface area contributed by atoms with Gasteiger partial charge in [0.05, 0.1) is 5.69 Å². The molecule has 1 aromatic carbocycles. The molecule has 0 radical (unpaired) electrons. The van der Waals surface area contributed by atoms with E-state index in [4.69, 9.17) is 4.74 Å². The summed E-state index contributed by atoms with van der Waals surface area (Å²) in [6.45, 7) is 6.79. The predicted octanol–water partition coefficient (Wildman–Crippen LogP) is 3.68. The monoisotopic (exact) mass is 522 g/mol. The lowest BCUT2D eigenvalue weighted by Gasteiger charge is -2.17. The summed E-state index contributed by atoms with van der Waals surface area (Å²) in [5, 5.41) is 7.73. The second-order valence-electron chi connectivity index (χ2n) is 8.79. The van der Waals surface area contributed by atoms with Gasteiger partial charge in [0.2, 0.25) is 5.91 Å². The van der Waals surface area contributed by atoms with Gasteiger partial charge in [0.15, 0.2) is 11.5 Å². The van der Waals surface area contributed by atoms with E-state index in [1.807, 2.05) is 20.8 Å². The second-order valence-corrected chi connectivity index (χ2v) is 10.5. The molecule has 2 heterocycles. The van der Waals surface area contributed by atoms with Gasteiger partial charge < -0.3 is 15.4 Å². The number of nitrogens with one attached hydrogen (secondary N) is 2. The Hall–Kier alpha value is -2.30. The van der Waals surface area contributed by atoms with E-state index in [1.165, 1.54) is 11.3 Å². The van der Waals surface area contributed by atoms with Crippen LogP contribution in [0.5, 0.6) is 0 Å². The molecular weight excluding hydrogens is 496 g/mol. The fraction of sp³-hybridized carbons (Fsp3) is 0.455. The summed E-state index contributed by atoms with van der Waals surface area (Å²) in [5.41, 5.74) is 0.843. The molecule has 1 fully saturated rings. The zero-order chi connectivity index (χ0) is 23.3. The quantitative estimate of drug-likeness (QED) is 0.563. The molecule has 1 aliphatic rings. The number of rotatable bonds is 6. The van der Waals surface area contributed by atoms with Crippen LogP contribution in [0, 0.1) is 5.41 Å². The Kier molecular flexibility index (Phi) is 8.02. The van der Waals surface area contributed by atoms with E-state index in [1.54, 1.807) is 34.3 Å². The lowest BCUT2D eigenvalue weighted by atomic mass is 9.92. The topological polar surface area (TPSA) is 102 Å². The summed E-state index contributed by atoms with van der Waals surface area (Å²) in [6, 6.07) is 4.65. The molecule has 0 spiro atoms. The molecule has 32 heavy (non-hydrogen) atoms. The van der Waals surface area contributed by atoms with Crippen molar-refractivity contribution in [2.45, 2.75) is 52.8 Å². The number of nitrogens with zero attached hydrogens (tertiary/aromatic N) is 2. The summed E-state index contributed by atoms with van der Waals surface area (Å²) in [4.78, 5) is 41.6. The van der Waals surface area contributed by atoms with Crippen molar-refractivity contribution in [2.75, 3.05) is 11.9 Å². The van der Waals surface area contributed by atoms with Crippen molar-refractivity contribution in [1.82, 2.24) is 9.88 Å². The normalized spacial score (nSPS) is 16.8. The first-order valence-corrected chi connectivity index (χ1v) is 12.0. The van der Waals surface area contributed by atoms with E-state index in [9.17, 15) is 14.4 Å². The van der Waals surface area contributed by atoms with Gasteiger partial charge in [-0.15, -0.1) is 11.3 Å². The Labute approximate surface area is 199 Å². The van der Waals surface area contributed by atoms with E-state index in [0.29, 0.717) is 26.9 Å². The number of carbonyl (C=O) groups is 3. The number of anilines is 1. The van der Waals surface area contributed by atoms with Crippen molar-refractivity contribution in [2.24, 2.45) is 10.4 Å². The van der Waals surface area contributed by atoms with Crippen LogP contribution in [0.1, 0.15) is 50.4 Å². The number of halogens is 1. The van der Waals surface area contributed by atoms with Crippen LogP contribution in [0.25, 0.3) is 0 Å². The summed E-state index contributed by atoms with van der Waals surface area (Å²) < 4.78 is 7.57. The molecule has 0 aliphatic carbocycles. The highest BCUT2D eigenvalue weighted by Crippen LogP contribution is 2.26. The Bertz CT molecular complexity index is 1060. The van der Waals surface area contributed by atoms with Gasteiger partial charge in [0, 0.05) is 28.0 Å². The van der Waals surface area contributed by atoms with E-state index in [0.717, 1.165) is 19.4 Å². The van der Waals surface area contributed by atoms with Crippen molar-refractivity contribution in [1.29, 1.82) is 0 Å². The molecule has 3 rings (SSSR count). The summed E-state index contributed by atoms with van der Waals surface area (Å²) in [7, 11) is 0. The maximum Gasteiger partial charge on any atom is 0.324 e. The Morgan fingerprint density at radius 3 is 2.78 bits per heavy atom. The number of ether oxygens (including phenoxy) is 1. The zero-order valence-electron chi connectivity index (χ0n) is 18.3. The molecule has 2 amide bonds.